The van der Waals surface area contributed by atoms with Crippen molar-refractivity contribution in [2.24, 2.45) is 0 Å². The maximum atomic E-state index is 12.1. The largest absolute Gasteiger partial charge is 0.317 e. The van der Waals surface area contributed by atoms with Gasteiger partial charge in [0.05, 0.1) is 5.69 Å². The molecule has 0 aliphatic heterocycles. The number of aromatic nitrogens is 1. The van der Waals surface area contributed by atoms with Crippen molar-refractivity contribution in [3.63, 3.8) is 0 Å². The lowest BCUT2D eigenvalue weighted by Crippen LogP contribution is -2.34. The number of hydrogen-bond donors (Lipinski definition) is 2. The lowest BCUT2D eigenvalue weighted by molar-refractivity contribution is 0.458. The minimum absolute atomic E-state index is 0.482. The number of nitrogens with zero attached hydrogens (tertiary/aromatic N) is 2. The molecule has 7 heteroatoms. The van der Waals surface area contributed by atoms with Crippen molar-refractivity contribution in [2.75, 3.05) is 31.4 Å². The van der Waals surface area contributed by atoms with Crippen LogP contribution in [0.2, 0.25) is 0 Å². The molecule has 1 rings (SSSR count). The van der Waals surface area contributed by atoms with Gasteiger partial charge >= 0.3 is 10.2 Å². The molecule has 0 unspecified atom stereocenters. The maximum absolute atomic E-state index is 12.1. The molecular weight excluding hydrogens is 276 g/mol. The predicted octanol–water partition coefficient (Wildman–Crippen LogP) is 1.37. The Hall–Kier alpha value is -1.18. The highest BCUT2D eigenvalue weighted by Gasteiger charge is 2.17. The molecule has 2 N–H and O–H groups in total. The maximum Gasteiger partial charge on any atom is 0.301 e. The number of hydrogen-bond acceptors (Lipinski definition) is 4. The van der Waals surface area contributed by atoms with Gasteiger partial charge in [0, 0.05) is 26.0 Å². The Balaban J connectivity index is 2.49. The molecule has 0 aliphatic rings. The number of nitrogens with one attached hydrogen (secondary N) is 2. The topological polar surface area (TPSA) is 74.3 Å². The van der Waals surface area contributed by atoms with Crippen LogP contribution in [0.3, 0.4) is 0 Å². The molecule has 1 heterocycles. The molecule has 0 fully saturated rings. The summed E-state index contributed by atoms with van der Waals surface area (Å²) < 4.78 is 28.2. The van der Waals surface area contributed by atoms with Crippen LogP contribution in [0.1, 0.15) is 25.3 Å². The fraction of sp³-hybridized carbons (Fsp3) is 0.615. The van der Waals surface area contributed by atoms with Crippen LogP contribution in [0.5, 0.6) is 0 Å². The van der Waals surface area contributed by atoms with E-state index in [1.807, 2.05) is 6.92 Å². The summed E-state index contributed by atoms with van der Waals surface area (Å²) in [6, 6.07) is 1.66. The first kappa shape index (κ1) is 16.9. The van der Waals surface area contributed by atoms with Gasteiger partial charge in [0.2, 0.25) is 0 Å². The molecular formula is C13H24N4O2S. The Morgan fingerprint density at radius 2 is 2.10 bits per heavy atom. The van der Waals surface area contributed by atoms with E-state index in [1.54, 1.807) is 25.5 Å². The zero-order valence-corrected chi connectivity index (χ0v) is 13.2. The van der Waals surface area contributed by atoms with Crippen LogP contribution in [-0.2, 0) is 10.2 Å². The van der Waals surface area contributed by atoms with Crippen molar-refractivity contribution < 1.29 is 8.42 Å². The lowest BCUT2D eigenvalue weighted by Gasteiger charge is -2.19. The van der Waals surface area contributed by atoms with Crippen LogP contribution in [0.15, 0.2) is 18.5 Å². The van der Waals surface area contributed by atoms with E-state index in [-0.39, 0.29) is 0 Å². The second-order valence-corrected chi connectivity index (χ2v) is 6.50. The van der Waals surface area contributed by atoms with E-state index in [2.05, 4.69) is 21.9 Å². The van der Waals surface area contributed by atoms with Crippen molar-refractivity contribution in [3.8, 4) is 0 Å². The molecule has 1 aromatic rings. The minimum atomic E-state index is -3.50. The zero-order chi connectivity index (χ0) is 15.0. The summed E-state index contributed by atoms with van der Waals surface area (Å²) in [4.78, 5) is 3.94. The number of rotatable bonds is 9. The summed E-state index contributed by atoms with van der Waals surface area (Å²) in [6.45, 7) is 6.19. The molecule has 0 saturated heterocycles. The standard InChI is InChI=1S/C13H24N4O2S/c1-4-7-14-8-5-10-17(3)20(18,19)16-13-6-9-15-11-12(13)2/h6,9,11,14H,4-5,7-8,10H2,1-3H3,(H,15,16). The quantitative estimate of drug-likeness (QED) is 0.676. The first-order valence-electron chi connectivity index (χ1n) is 6.82. The molecule has 0 bridgehead atoms. The van der Waals surface area contributed by atoms with Crippen molar-refractivity contribution in [1.29, 1.82) is 0 Å². The van der Waals surface area contributed by atoms with E-state index in [1.165, 1.54) is 4.31 Å². The van der Waals surface area contributed by atoms with Crippen LogP contribution in [0.25, 0.3) is 0 Å². The summed E-state index contributed by atoms with van der Waals surface area (Å²) in [7, 11) is -1.92. The Kier molecular flexibility index (Phi) is 6.90. The third kappa shape index (κ3) is 5.44. The van der Waals surface area contributed by atoms with Gasteiger partial charge < -0.3 is 5.32 Å². The van der Waals surface area contributed by atoms with Gasteiger partial charge in [-0.25, -0.2) is 0 Å². The SMILES string of the molecule is CCCNCCCN(C)S(=O)(=O)Nc1ccncc1C. The molecule has 0 radical (unpaired) electrons. The van der Waals surface area contributed by atoms with Crippen LogP contribution in [0, 0.1) is 6.92 Å². The fourth-order valence-electron chi connectivity index (χ4n) is 1.65. The monoisotopic (exact) mass is 300 g/mol. The third-order valence-electron chi connectivity index (χ3n) is 2.92. The minimum Gasteiger partial charge on any atom is -0.317 e. The molecule has 0 spiro atoms. The van der Waals surface area contributed by atoms with Crippen LogP contribution in [-0.4, -0.2) is 44.4 Å². The van der Waals surface area contributed by atoms with Gasteiger partial charge in [-0.05, 0) is 44.5 Å². The van der Waals surface area contributed by atoms with Crippen LogP contribution in [0.4, 0.5) is 5.69 Å². The average molecular weight is 300 g/mol. The molecule has 0 atom stereocenters. The highest BCUT2D eigenvalue weighted by Crippen LogP contribution is 2.14. The Labute approximate surface area is 121 Å². The van der Waals surface area contributed by atoms with Gasteiger partial charge in [0.1, 0.15) is 0 Å². The van der Waals surface area contributed by atoms with E-state index in [0.717, 1.165) is 31.5 Å². The van der Waals surface area contributed by atoms with E-state index >= 15 is 0 Å². The molecule has 6 nitrogen and oxygen atoms in total. The Morgan fingerprint density at radius 3 is 2.75 bits per heavy atom. The number of aryl methyl sites for hydroxylation is 1. The molecule has 0 aromatic carbocycles. The normalized spacial score (nSPS) is 11.8. The van der Waals surface area contributed by atoms with E-state index in [4.69, 9.17) is 0 Å². The number of pyridine rings is 1. The van der Waals surface area contributed by atoms with Crippen molar-refractivity contribution in [3.05, 3.63) is 24.0 Å². The fourth-order valence-corrected chi connectivity index (χ4v) is 2.69. The van der Waals surface area contributed by atoms with Gasteiger partial charge in [-0.15, -0.1) is 0 Å². The van der Waals surface area contributed by atoms with Gasteiger partial charge in [0.25, 0.3) is 0 Å². The highest BCUT2D eigenvalue weighted by atomic mass is 32.2. The Bertz CT molecular complexity index is 505. The molecule has 0 saturated carbocycles. The van der Waals surface area contributed by atoms with Crippen molar-refractivity contribution in [2.45, 2.75) is 26.7 Å². The van der Waals surface area contributed by atoms with Crippen molar-refractivity contribution in [1.82, 2.24) is 14.6 Å². The molecule has 1 aromatic heterocycles. The summed E-state index contributed by atoms with van der Waals surface area (Å²) >= 11 is 0. The highest BCUT2D eigenvalue weighted by molar-refractivity contribution is 7.90. The molecule has 20 heavy (non-hydrogen) atoms. The van der Waals surface area contributed by atoms with Crippen molar-refractivity contribution >= 4 is 15.9 Å². The summed E-state index contributed by atoms with van der Waals surface area (Å²) in [5.41, 5.74) is 1.37. The van der Waals surface area contributed by atoms with Gasteiger partial charge in [0.15, 0.2) is 0 Å². The van der Waals surface area contributed by atoms with E-state index < -0.39 is 10.2 Å². The number of anilines is 1. The summed E-state index contributed by atoms with van der Waals surface area (Å²) in [6.07, 6.45) is 5.07. The molecule has 0 aliphatic carbocycles. The summed E-state index contributed by atoms with van der Waals surface area (Å²) in [5.74, 6) is 0. The van der Waals surface area contributed by atoms with Crippen LogP contribution >= 0.6 is 0 Å². The lowest BCUT2D eigenvalue weighted by atomic mass is 10.3. The van der Waals surface area contributed by atoms with Gasteiger partial charge in [-0.1, -0.05) is 6.92 Å². The average Bonchev–Trinajstić information content (AvgIpc) is 2.40. The smallest absolute Gasteiger partial charge is 0.301 e. The Morgan fingerprint density at radius 1 is 1.35 bits per heavy atom. The third-order valence-corrected chi connectivity index (χ3v) is 4.40. The second-order valence-electron chi connectivity index (χ2n) is 4.72. The predicted molar refractivity (Wildman–Crippen MR) is 81.9 cm³/mol. The van der Waals surface area contributed by atoms with E-state index in [0.29, 0.717) is 12.2 Å². The van der Waals surface area contributed by atoms with Gasteiger partial charge in [-0.3, -0.25) is 9.71 Å². The second kappa shape index (κ2) is 8.18. The zero-order valence-electron chi connectivity index (χ0n) is 12.4. The summed E-state index contributed by atoms with van der Waals surface area (Å²) in [5, 5.41) is 3.25. The first-order valence-corrected chi connectivity index (χ1v) is 8.26. The first-order chi connectivity index (χ1) is 9.47. The molecule has 114 valence electrons. The van der Waals surface area contributed by atoms with Gasteiger partial charge in [-0.2, -0.15) is 12.7 Å². The van der Waals surface area contributed by atoms with E-state index in [9.17, 15) is 8.42 Å². The molecule has 0 amide bonds. The van der Waals surface area contributed by atoms with Crippen LogP contribution < -0.4 is 10.0 Å².